The minimum atomic E-state index is -0.240. The monoisotopic (exact) mass is 293 g/mol. The average Bonchev–Trinajstić information content (AvgIpc) is 3.08. The van der Waals surface area contributed by atoms with Crippen LogP contribution in [0.25, 0.3) is 0 Å². The number of thiophene rings is 1. The zero-order valence-electron chi connectivity index (χ0n) is 11.5. The highest BCUT2D eigenvalue weighted by Gasteiger charge is 2.17. The summed E-state index contributed by atoms with van der Waals surface area (Å²) in [6.07, 6.45) is 4.74. The molecular formula is C14H19N3O2S. The molecule has 6 heteroatoms. The summed E-state index contributed by atoms with van der Waals surface area (Å²) < 4.78 is 0. The predicted molar refractivity (Wildman–Crippen MR) is 79.9 cm³/mol. The lowest BCUT2D eigenvalue weighted by molar-refractivity contribution is -0.120. The van der Waals surface area contributed by atoms with Crippen molar-refractivity contribution in [1.29, 1.82) is 0 Å². The van der Waals surface area contributed by atoms with E-state index in [1.807, 2.05) is 11.4 Å². The Hall–Kier alpha value is -1.69. The van der Waals surface area contributed by atoms with Crippen LogP contribution in [0.5, 0.6) is 0 Å². The van der Waals surface area contributed by atoms with Crippen LogP contribution in [0.4, 0.5) is 0 Å². The Bertz CT molecular complexity index is 491. The first-order valence-corrected chi connectivity index (χ1v) is 7.69. The van der Waals surface area contributed by atoms with Gasteiger partial charge in [0.05, 0.1) is 11.3 Å². The predicted octanol–water partition coefficient (Wildman–Crippen LogP) is 2.30. The summed E-state index contributed by atoms with van der Waals surface area (Å²) in [4.78, 5) is 24.1. The zero-order valence-corrected chi connectivity index (χ0v) is 12.3. The van der Waals surface area contributed by atoms with Crippen molar-refractivity contribution >= 4 is 28.9 Å². The molecule has 1 saturated carbocycles. The van der Waals surface area contributed by atoms with Crippen LogP contribution in [0, 0.1) is 0 Å². The fourth-order valence-electron chi connectivity index (χ4n) is 2.23. The van der Waals surface area contributed by atoms with Gasteiger partial charge in [-0.1, -0.05) is 18.9 Å². The van der Waals surface area contributed by atoms with E-state index in [9.17, 15) is 9.59 Å². The molecule has 0 aromatic carbocycles. The molecule has 0 spiro atoms. The van der Waals surface area contributed by atoms with Crippen molar-refractivity contribution in [3.8, 4) is 0 Å². The second kappa shape index (κ2) is 7.19. The number of hydrogen-bond acceptors (Lipinski definition) is 4. The van der Waals surface area contributed by atoms with Crippen LogP contribution in [0.1, 0.15) is 48.7 Å². The van der Waals surface area contributed by atoms with Gasteiger partial charge >= 0.3 is 0 Å². The highest BCUT2D eigenvalue weighted by molar-refractivity contribution is 7.12. The summed E-state index contributed by atoms with van der Waals surface area (Å²) in [5.74, 6) is -0.265. The van der Waals surface area contributed by atoms with Gasteiger partial charge in [0.15, 0.2) is 0 Å². The van der Waals surface area contributed by atoms with Crippen molar-refractivity contribution in [2.75, 3.05) is 0 Å². The Morgan fingerprint density at radius 1 is 1.40 bits per heavy atom. The molecule has 1 heterocycles. The number of hydrazone groups is 1. The van der Waals surface area contributed by atoms with Crippen molar-refractivity contribution in [2.24, 2.45) is 5.10 Å². The molecule has 0 atom stereocenters. The van der Waals surface area contributed by atoms with E-state index < -0.39 is 0 Å². The molecule has 1 aromatic rings. The summed E-state index contributed by atoms with van der Waals surface area (Å²) >= 11 is 1.36. The van der Waals surface area contributed by atoms with Crippen LogP contribution in [0.15, 0.2) is 22.6 Å². The summed E-state index contributed by atoms with van der Waals surface area (Å²) in [6, 6.07) is 3.86. The first kappa shape index (κ1) is 14.7. The van der Waals surface area contributed by atoms with E-state index >= 15 is 0 Å². The summed E-state index contributed by atoms with van der Waals surface area (Å²) in [5, 5.41) is 8.79. The topological polar surface area (TPSA) is 70.6 Å². The number of nitrogens with zero attached hydrogens (tertiary/aromatic N) is 1. The first-order valence-electron chi connectivity index (χ1n) is 6.81. The van der Waals surface area contributed by atoms with E-state index in [1.54, 1.807) is 13.0 Å². The Morgan fingerprint density at radius 3 is 2.80 bits per heavy atom. The van der Waals surface area contributed by atoms with Gasteiger partial charge in [-0.15, -0.1) is 11.3 Å². The second-order valence-electron chi connectivity index (χ2n) is 4.99. The highest BCUT2D eigenvalue weighted by Crippen LogP contribution is 2.17. The number of nitrogens with one attached hydrogen (secondary N) is 2. The first-order chi connectivity index (χ1) is 9.65. The van der Waals surface area contributed by atoms with Crippen LogP contribution in [0.2, 0.25) is 0 Å². The Morgan fingerprint density at radius 2 is 2.15 bits per heavy atom. The van der Waals surface area contributed by atoms with Gasteiger partial charge in [-0.25, -0.2) is 5.43 Å². The highest BCUT2D eigenvalue weighted by atomic mass is 32.1. The fraction of sp³-hybridized carbons (Fsp3) is 0.500. The van der Waals surface area contributed by atoms with Crippen molar-refractivity contribution in [1.82, 2.24) is 10.7 Å². The third-order valence-corrected chi connectivity index (χ3v) is 4.10. The summed E-state index contributed by atoms with van der Waals surface area (Å²) in [7, 11) is 0. The number of carbonyl (C=O) groups excluding carboxylic acids is 2. The minimum absolute atomic E-state index is 0.0245. The average molecular weight is 293 g/mol. The zero-order chi connectivity index (χ0) is 14.4. The van der Waals surface area contributed by atoms with Gasteiger partial charge in [0.1, 0.15) is 0 Å². The van der Waals surface area contributed by atoms with Gasteiger partial charge in [0, 0.05) is 11.8 Å². The van der Waals surface area contributed by atoms with Gasteiger partial charge in [0.25, 0.3) is 5.91 Å². The normalized spacial score (nSPS) is 16.1. The third kappa shape index (κ3) is 4.45. The molecule has 0 unspecified atom stereocenters. The second-order valence-corrected chi connectivity index (χ2v) is 5.94. The van der Waals surface area contributed by atoms with Crippen LogP contribution >= 0.6 is 11.3 Å². The Kier molecular flexibility index (Phi) is 5.29. The smallest absolute Gasteiger partial charge is 0.281 e. The van der Waals surface area contributed by atoms with E-state index in [-0.39, 0.29) is 18.2 Å². The van der Waals surface area contributed by atoms with E-state index in [2.05, 4.69) is 15.8 Å². The lowest BCUT2D eigenvalue weighted by Gasteiger charge is -2.11. The van der Waals surface area contributed by atoms with Gasteiger partial charge in [-0.2, -0.15) is 5.10 Å². The van der Waals surface area contributed by atoms with E-state index in [0.717, 1.165) is 12.8 Å². The minimum Gasteiger partial charge on any atom is -0.353 e. The lowest BCUT2D eigenvalue weighted by atomic mass is 10.2. The van der Waals surface area contributed by atoms with Crippen LogP contribution in [0.3, 0.4) is 0 Å². The van der Waals surface area contributed by atoms with Gasteiger partial charge < -0.3 is 5.32 Å². The maximum atomic E-state index is 11.8. The molecule has 20 heavy (non-hydrogen) atoms. The van der Waals surface area contributed by atoms with Crippen LogP contribution < -0.4 is 10.7 Å². The lowest BCUT2D eigenvalue weighted by Crippen LogP contribution is -2.33. The van der Waals surface area contributed by atoms with Gasteiger partial charge in [0.2, 0.25) is 5.91 Å². The molecule has 0 aliphatic heterocycles. The number of hydrogen-bond donors (Lipinski definition) is 2. The van der Waals surface area contributed by atoms with Crippen molar-refractivity contribution in [2.45, 2.75) is 45.1 Å². The quantitative estimate of drug-likeness (QED) is 0.646. The van der Waals surface area contributed by atoms with E-state index in [4.69, 9.17) is 0 Å². The third-order valence-electron chi connectivity index (χ3n) is 3.23. The molecule has 5 nitrogen and oxygen atoms in total. The number of amides is 2. The summed E-state index contributed by atoms with van der Waals surface area (Å²) in [6.45, 7) is 1.74. The SMILES string of the molecule is C/C(CC(=O)NC1CCCC1)=N/NC(=O)c1cccs1. The standard InChI is InChI=1S/C14H19N3O2S/c1-10(9-13(18)15-11-5-2-3-6-11)16-17-14(19)12-7-4-8-20-12/h4,7-8,11H,2-3,5-6,9H2,1H3,(H,15,18)(H,17,19)/b16-10-. The summed E-state index contributed by atoms with van der Waals surface area (Å²) in [5.41, 5.74) is 3.07. The molecule has 1 fully saturated rings. The van der Waals surface area contributed by atoms with Crippen LogP contribution in [-0.2, 0) is 4.79 Å². The van der Waals surface area contributed by atoms with Crippen molar-refractivity contribution in [3.63, 3.8) is 0 Å². The number of carbonyl (C=O) groups is 2. The molecular weight excluding hydrogens is 274 g/mol. The van der Waals surface area contributed by atoms with Crippen molar-refractivity contribution in [3.05, 3.63) is 22.4 Å². The molecule has 0 bridgehead atoms. The molecule has 1 aliphatic rings. The Balaban J connectivity index is 1.75. The van der Waals surface area contributed by atoms with Gasteiger partial charge in [-0.3, -0.25) is 9.59 Å². The molecule has 0 radical (unpaired) electrons. The maximum absolute atomic E-state index is 11.8. The van der Waals surface area contributed by atoms with Gasteiger partial charge in [-0.05, 0) is 31.2 Å². The molecule has 2 amide bonds. The van der Waals surface area contributed by atoms with E-state index in [1.165, 1.54) is 24.2 Å². The molecule has 108 valence electrons. The number of rotatable bonds is 5. The fourth-order valence-corrected chi connectivity index (χ4v) is 2.84. The molecule has 2 rings (SSSR count). The molecule has 2 N–H and O–H groups in total. The largest absolute Gasteiger partial charge is 0.353 e. The Labute approximate surface area is 122 Å². The van der Waals surface area contributed by atoms with Crippen molar-refractivity contribution < 1.29 is 9.59 Å². The molecule has 1 aromatic heterocycles. The molecule has 0 saturated heterocycles. The molecule has 1 aliphatic carbocycles. The van der Waals surface area contributed by atoms with E-state index in [0.29, 0.717) is 16.6 Å². The van der Waals surface area contributed by atoms with Crippen LogP contribution in [-0.4, -0.2) is 23.6 Å². The maximum Gasteiger partial charge on any atom is 0.281 e.